The zero-order valence-corrected chi connectivity index (χ0v) is 10.1. The van der Waals surface area contributed by atoms with Crippen LogP contribution in [0.25, 0.3) is 0 Å². The van der Waals surface area contributed by atoms with E-state index in [9.17, 15) is 0 Å². The Hall–Kier alpha value is -0.280. The van der Waals surface area contributed by atoms with E-state index in [1.54, 1.807) is 6.07 Å². The molecule has 4 N–H and O–H groups in total. The molecule has 0 unspecified atom stereocenters. The molecule has 2 nitrogen and oxygen atoms in total. The molecule has 0 bridgehead atoms. The maximum absolute atomic E-state index is 6.04. The lowest BCUT2D eigenvalue weighted by Crippen LogP contribution is -2.23. The molecule has 0 aliphatic rings. The molecule has 0 aliphatic carbocycles. The van der Waals surface area contributed by atoms with E-state index in [1.807, 2.05) is 12.1 Å². The highest BCUT2D eigenvalue weighted by Crippen LogP contribution is 2.22. The highest BCUT2D eigenvalue weighted by Gasteiger charge is 2.07. The van der Waals surface area contributed by atoms with Gasteiger partial charge < -0.3 is 11.5 Å². The van der Waals surface area contributed by atoms with Gasteiger partial charge in [-0.1, -0.05) is 23.2 Å². The molecule has 0 saturated heterocycles. The molecule has 15 heavy (non-hydrogen) atoms. The van der Waals surface area contributed by atoms with Crippen LogP contribution in [-0.4, -0.2) is 13.1 Å². The molecule has 0 spiro atoms. The summed E-state index contributed by atoms with van der Waals surface area (Å²) in [6, 6.07) is 5.50. The summed E-state index contributed by atoms with van der Waals surface area (Å²) in [5.74, 6) is 0.361. The lowest BCUT2D eigenvalue weighted by atomic mass is 10.00. The van der Waals surface area contributed by atoms with Crippen molar-refractivity contribution in [3.8, 4) is 0 Å². The van der Waals surface area contributed by atoms with E-state index in [2.05, 4.69) is 0 Å². The number of nitrogens with two attached hydrogens (primary N) is 2. The predicted molar refractivity (Wildman–Crippen MR) is 66.4 cm³/mol. The van der Waals surface area contributed by atoms with Crippen molar-refractivity contribution in [3.63, 3.8) is 0 Å². The van der Waals surface area contributed by atoms with E-state index < -0.39 is 0 Å². The van der Waals surface area contributed by atoms with Gasteiger partial charge in [0.25, 0.3) is 0 Å². The van der Waals surface area contributed by atoms with E-state index >= 15 is 0 Å². The van der Waals surface area contributed by atoms with Crippen LogP contribution in [0.15, 0.2) is 18.2 Å². The van der Waals surface area contributed by atoms with Gasteiger partial charge in [-0.2, -0.15) is 0 Å². The Morgan fingerprint density at radius 3 is 2.40 bits per heavy atom. The SMILES string of the molecule is NCC(CN)CCc1cc(Cl)ccc1Cl. The fourth-order valence-corrected chi connectivity index (χ4v) is 1.83. The molecule has 0 atom stereocenters. The van der Waals surface area contributed by atoms with Gasteiger partial charge in [-0.15, -0.1) is 0 Å². The van der Waals surface area contributed by atoms with Crippen LogP contribution >= 0.6 is 23.2 Å². The molecule has 1 rings (SSSR count). The Bertz CT molecular complexity index is 311. The van der Waals surface area contributed by atoms with Crippen molar-refractivity contribution in [1.82, 2.24) is 0 Å². The minimum atomic E-state index is 0.361. The van der Waals surface area contributed by atoms with Gasteiger partial charge in [-0.3, -0.25) is 0 Å². The standard InChI is InChI=1S/C11H16Cl2N2/c12-10-3-4-11(13)9(5-10)2-1-8(6-14)7-15/h3-5,8H,1-2,6-7,14-15H2. The molecule has 0 amide bonds. The van der Waals surface area contributed by atoms with Crippen molar-refractivity contribution >= 4 is 23.2 Å². The van der Waals surface area contributed by atoms with Crippen LogP contribution in [0.2, 0.25) is 10.0 Å². The first-order chi connectivity index (χ1) is 7.17. The number of halogens is 2. The van der Waals surface area contributed by atoms with Crippen LogP contribution in [0.5, 0.6) is 0 Å². The summed E-state index contributed by atoms with van der Waals surface area (Å²) in [5.41, 5.74) is 12.2. The monoisotopic (exact) mass is 246 g/mol. The van der Waals surface area contributed by atoms with Crippen LogP contribution in [0, 0.1) is 5.92 Å². The normalized spacial score (nSPS) is 11.0. The minimum absolute atomic E-state index is 0.361. The van der Waals surface area contributed by atoms with Gasteiger partial charge in [0.1, 0.15) is 0 Å². The van der Waals surface area contributed by atoms with Gasteiger partial charge in [0.15, 0.2) is 0 Å². The average Bonchev–Trinajstić information content (AvgIpc) is 2.24. The second-order valence-corrected chi connectivity index (χ2v) is 4.46. The molecule has 0 heterocycles. The number of hydrogen-bond acceptors (Lipinski definition) is 2. The summed E-state index contributed by atoms with van der Waals surface area (Å²) in [7, 11) is 0. The zero-order valence-electron chi connectivity index (χ0n) is 8.55. The van der Waals surface area contributed by atoms with Gasteiger partial charge in [0, 0.05) is 10.0 Å². The Balaban J connectivity index is 2.60. The largest absolute Gasteiger partial charge is 0.330 e. The van der Waals surface area contributed by atoms with E-state index in [0.29, 0.717) is 24.0 Å². The highest BCUT2D eigenvalue weighted by atomic mass is 35.5. The molecule has 0 radical (unpaired) electrons. The maximum Gasteiger partial charge on any atom is 0.0439 e. The lowest BCUT2D eigenvalue weighted by Gasteiger charge is -2.12. The number of hydrogen-bond donors (Lipinski definition) is 2. The molecule has 1 aromatic rings. The molecular formula is C11H16Cl2N2. The Labute approximate surface area is 101 Å². The van der Waals surface area contributed by atoms with E-state index in [4.69, 9.17) is 34.7 Å². The molecule has 0 aromatic heterocycles. The molecule has 0 fully saturated rings. The summed E-state index contributed by atoms with van der Waals surface area (Å²) in [6.45, 7) is 1.24. The fraction of sp³-hybridized carbons (Fsp3) is 0.455. The van der Waals surface area contributed by atoms with Crippen molar-refractivity contribution in [2.75, 3.05) is 13.1 Å². The van der Waals surface area contributed by atoms with Crippen molar-refractivity contribution in [2.24, 2.45) is 17.4 Å². The third-order valence-electron chi connectivity index (χ3n) is 2.50. The Morgan fingerprint density at radius 2 is 1.80 bits per heavy atom. The first-order valence-corrected chi connectivity index (χ1v) is 5.77. The van der Waals surface area contributed by atoms with Crippen molar-refractivity contribution < 1.29 is 0 Å². The molecule has 0 saturated carbocycles. The summed E-state index contributed by atoms with van der Waals surface area (Å²) in [6.07, 6.45) is 1.82. The van der Waals surface area contributed by atoms with Crippen LogP contribution in [0.4, 0.5) is 0 Å². The maximum atomic E-state index is 6.04. The smallest absolute Gasteiger partial charge is 0.0439 e. The van der Waals surface area contributed by atoms with Crippen LogP contribution in [-0.2, 0) is 6.42 Å². The van der Waals surface area contributed by atoms with Gasteiger partial charge >= 0.3 is 0 Å². The molecule has 0 aliphatic heterocycles. The van der Waals surface area contributed by atoms with E-state index in [1.165, 1.54) is 0 Å². The van der Waals surface area contributed by atoms with Gasteiger partial charge in [-0.05, 0) is 55.6 Å². The second-order valence-electron chi connectivity index (χ2n) is 3.61. The van der Waals surface area contributed by atoms with Crippen molar-refractivity contribution in [2.45, 2.75) is 12.8 Å². The highest BCUT2D eigenvalue weighted by molar-refractivity contribution is 6.33. The van der Waals surface area contributed by atoms with Gasteiger partial charge in [0.05, 0.1) is 0 Å². The first kappa shape index (κ1) is 12.8. The predicted octanol–water partition coefficient (Wildman–Crippen LogP) is 2.46. The summed E-state index contributed by atoms with van der Waals surface area (Å²) < 4.78 is 0. The topological polar surface area (TPSA) is 52.0 Å². The van der Waals surface area contributed by atoms with Crippen molar-refractivity contribution in [1.29, 1.82) is 0 Å². The fourth-order valence-electron chi connectivity index (χ4n) is 1.43. The average molecular weight is 247 g/mol. The first-order valence-electron chi connectivity index (χ1n) is 5.01. The molecule has 1 aromatic carbocycles. The van der Waals surface area contributed by atoms with Gasteiger partial charge in [0.2, 0.25) is 0 Å². The van der Waals surface area contributed by atoms with E-state index in [-0.39, 0.29) is 0 Å². The third kappa shape index (κ3) is 3.99. The number of benzene rings is 1. The molecular weight excluding hydrogens is 231 g/mol. The van der Waals surface area contributed by atoms with E-state index in [0.717, 1.165) is 23.4 Å². The minimum Gasteiger partial charge on any atom is -0.330 e. The van der Waals surface area contributed by atoms with Crippen LogP contribution in [0.3, 0.4) is 0 Å². The number of aryl methyl sites for hydroxylation is 1. The quantitative estimate of drug-likeness (QED) is 0.839. The van der Waals surface area contributed by atoms with Gasteiger partial charge in [-0.25, -0.2) is 0 Å². The summed E-state index contributed by atoms with van der Waals surface area (Å²) in [5, 5.41) is 1.47. The Morgan fingerprint density at radius 1 is 1.13 bits per heavy atom. The summed E-state index contributed by atoms with van der Waals surface area (Å²) in [4.78, 5) is 0. The Kier molecular flexibility index (Phi) is 5.40. The zero-order chi connectivity index (χ0) is 11.3. The van der Waals surface area contributed by atoms with Crippen LogP contribution in [0.1, 0.15) is 12.0 Å². The lowest BCUT2D eigenvalue weighted by molar-refractivity contribution is 0.508. The third-order valence-corrected chi connectivity index (χ3v) is 3.10. The molecule has 4 heteroatoms. The second kappa shape index (κ2) is 6.33. The van der Waals surface area contributed by atoms with Crippen molar-refractivity contribution in [3.05, 3.63) is 33.8 Å². The molecule has 84 valence electrons. The van der Waals surface area contributed by atoms with Crippen LogP contribution < -0.4 is 11.5 Å². The number of rotatable bonds is 5. The summed E-state index contributed by atoms with van der Waals surface area (Å²) >= 11 is 11.9.